The second-order valence-electron chi connectivity index (χ2n) is 4.35. The molecule has 7 heteroatoms. The van der Waals surface area contributed by atoms with E-state index in [-0.39, 0.29) is 0 Å². The number of aliphatic hydroxyl groups is 1. The van der Waals surface area contributed by atoms with Crippen LogP contribution in [0.4, 0.5) is 0 Å². The number of aryl methyl sites for hydroxylation is 1. The summed E-state index contributed by atoms with van der Waals surface area (Å²) in [6.45, 7) is 0. The molecule has 0 aliphatic carbocycles. The Balaban J connectivity index is 1.95. The number of rotatable bonds is 3. The van der Waals surface area contributed by atoms with E-state index in [1.165, 1.54) is 4.68 Å². The predicted octanol–water partition coefficient (Wildman–Crippen LogP) is 1.84. The topological polar surface area (TPSA) is 68.8 Å². The van der Waals surface area contributed by atoms with Crippen molar-refractivity contribution in [2.45, 2.75) is 6.10 Å². The smallest absolute Gasteiger partial charge is 0.154 e. The van der Waals surface area contributed by atoms with Crippen molar-refractivity contribution in [1.82, 2.24) is 24.8 Å². The molecule has 0 aliphatic heterocycles. The summed E-state index contributed by atoms with van der Waals surface area (Å²) in [7, 11) is 1.73. The maximum Gasteiger partial charge on any atom is 0.154 e. The largest absolute Gasteiger partial charge is 0.382 e. The van der Waals surface area contributed by atoms with Crippen LogP contribution in [0, 0.1) is 0 Å². The van der Waals surface area contributed by atoms with Crippen LogP contribution in [0.1, 0.15) is 17.4 Å². The molecule has 0 fully saturated rings. The van der Waals surface area contributed by atoms with Gasteiger partial charge in [-0.15, -0.1) is 5.10 Å². The lowest BCUT2D eigenvalue weighted by atomic mass is 10.1. The number of nitrogens with zero attached hydrogens (tertiary/aromatic N) is 5. The molecule has 2 heterocycles. The number of para-hydroxylation sites is 1. The van der Waals surface area contributed by atoms with Gasteiger partial charge in [0.1, 0.15) is 11.8 Å². The van der Waals surface area contributed by atoms with Crippen molar-refractivity contribution in [1.29, 1.82) is 0 Å². The van der Waals surface area contributed by atoms with E-state index in [1.807, 2.05) is 30.3 Å². The quantitative estimate of drug-likeness (QED) is 0.794. The van der Waals surface area contributed by atoms with Crippen LogP contribution >= 0.6 is 15.9 Å². The van der Waals surface area contributed by atoms with Crippen molar-refractivity contribution in [2.24, 2.45) is 7.05 Å². The molecule has 6 nitrogen and oxygen atoms in total. The maximum absolute atomic E-state index is 10.4. The third kappa shape index (κ3) is 2.25. The summed E-state index contributed by atoms with van der Waals surface area (Å²) in [6, 6.07) is 9.72. The minimum atomic E-state index is -0.832. The van der Waals surface area contributed by atoms with E-state index in [1.54, 1.807) is 24.1 Å². The third-order valence-electron chi connectivity index (χ3n) is 3.02. The molecule has 3 aromatic rings. The molecule has 1 unspecified atom stereocenters. The fraction of sp³-hybridized carbons (Fsp3) is 0.154. The van der Waals surface area contributed by atoms with E-state index in [0.717, 1.165) is 5.69 Å². The van der Waals surface area contributed by atoms with Crippen molar-refractivity contribution >= 4 is 15.9 Å². The maximum atomic E-state index is 10.4. The van der Waals surface area contributed by atoms with Gasteiger partial charge in [-0.2, -0.15) is 5.10 Å². The molecule has 0 radical (unpaired) electrons. The van der Waals surface area contributed by atoms with Gasteiger partial charge < -0.3 is 5.11 Å². The van der Waals surface area contributed by atoms with Gasteiger partial charge in [0.25, 0.3) is 0 Å². The average molecular weight is 334 g/mol. The zero-order valence-electron chi connectivity index (χ0n) is 10.7. The highest BCUT2D eigenvalue weighted by molar-refractivity contribution is 9.10. The van der Waals surface area contributed by atoms with Gasteiger partial charge in [0.15, 0.2) is 4.60 Å². The van der Waals surface area contributed by atoms with Gasteiger partial charge in [-0.25, -0.2) is 9.36 Å². The van der Waals surface area contributed by atoms with E-state index in [4.69, 9.17) is 0 Å². The molecule has 3 rings (SSSR count). The van der Waals surface area contributed by atoms with Crippen LogP contribution < -0.4 is 0 Å². The summed E-state index contributed by atoms with van der Waals surface area (Å²) in [5, 5.41) is 22.4. The Kier molecular flexibility index (Phi) is 3.37. The number of hydrogen-bond acceptors (Lipinski definition) is 4. The normalized spacial score (nSPS) is 12.6. The molecule has 1 N–H and O–H groups in total. The Bertz CT molecular complexity index is 702. The van der Waals surface area contributed by atoms with E-state index in [0.29, 0.717) is 15.9 Å². The van der Waals surface area contributed by atoms with Crippen LogP contribution in [0.2, 0.25) is 0 Å². The van der Waals surface area contributed by atoms with Crippen LogP contribution in [0.3, 0.4) is 0 Å². The van der Waals surface area contributed by atoms with E-state index >= 15 is 0 Å². The molecule has 0 saturated carbocycles. The van der Waals surface area contributed by atoms with Crippen LogP contribution in [0.15, 0.2) is 47.3 Å². The Morgan fingerprint density at radius 2 is 2.00 bits per heavy atom. The van der Waals surface area contributed by atoms with E-state index in [9.17, 15) is 5.11 Å². The fourth-order valence-corrected chi connectivity index (χ4v) is 2.53. The SMILES string of the molecule is Cn1nnc(Br)c1C(O)c1cnn(-c2ccccc2)c1. The Morgan fingerprint density at radius 3 is 2.65 bits per heavy atom. The Labute approximate surface area is 123 Å². The van der Waals surface area contributed by atoms with Crippen molar-refractivity contribution in [3.63, 3.8) is 0 Å². The first-order valence-corrected chi connectivity index (χ1v) is 6.79. The first-order chi connectivity index (χ1) is 9.66. The number of aliphatic hydroxyl groups excluding tert-OH is 1. The number of benzene rings is 1. The molecule has 0 aliphatic rings. The highest BCUT2D eigenvalue weighted by atomic mass is 79.9. The standard InChI is InChI=1S/C13H12BrN5O/c1-18-11(13(14)16-17-18)12(20)9-7-15-19(8-9)10-5-3-2-4-6-10/h2-8,12,20H,1H3. The van der Waals surface area contributed by atoms with Crippen LogP contribution in [0.25, 0.3) is 5.69 Å². The first kappa shape index (κ1) is 13.0. The molecule has 0 saturated heterocycles. The number of hydrogen-bond donors (Lipinski definition) is 1. The molecule has 2 aromatic heterocycles. The lowest BCUT2D eigenvalue weighted by molar-refractivity contribution is 0.209. The van der Waals surface area contributed by atoms with Crippen LogP contribution in [0.5, 0.6) is 0 Å². The molecular weight excluding hydrogens is 322 g/mol. The number of aromatic nitrogens is 5. The summed E-state index contributed by atoms with van der Waals surface area (Å²) in [4.78, 5) is 0. The minimum Gasteiger partial charge on any atom is -0.382 e. The van der Waals surface area contributed by atoms with E-state index < -0.39 is 6.10 Å². The zero-order chi connectivity index (χ0) is 14.1. The van der Waals surface area contributed by atoms with Crippen LogP contribution in [-0.4, -0.2) is 29.9 Å². The Morgan fingerprint density at radius 1 is 1.25 bits per heavy atom. The van der Waals surface area contributed by atoms with Gasteiger partial charge in [0.05, 0.1) is 11.9 Å². The molecule has 1 aromatic carbocycles. The summed E-state index contributed by atoms with van der Waals surface area (Å²) < 4.78 is 3.78. The van der Waals surface area contributed by atoms with E-state index in [2.05, 4.69) is 31.3 Å². The summed E-state index contributed by atoms with van der Waals surface area (Å²) in [6.07, 6.45) is 2.60. The van der Waals surface area contributed by atoms with Crippen molar-refractivity contribution in [3.8, 4) is 5.69 Å². The van der Waals surface area contributed by atoms with Crippen molar-refractivity contribution in [3.05, 3.63) is 58.6 Å². The molecule has 102 valence electrons. The summed E-state index contributed by atoms with van der Waals surface area (Å²) in [5.41, 5.74) is 2.21. The van der Waals surface area contributed by atoms with Gasteiger partial charge in [-0.3, -0.25) is 0 Å². The summed E-state index contributed by atoms with van der Waals surface area (Å²) >= 11 is 3.29. The molecule has 0 spiro atoms. The van der Waals surface area contributed by atoms with Gasteiger partial charge in [-0.05, 0) is 28.1 Å². The molecule has 0 amide bonds. The monoisotopic (exact) mass is 333 g/mol. The molecular formula is C13H12BrN5O. The lowest BCUT2D eigenvalue weighted by Crippen LogP contribution is -2.06. The lowest BCUT2D eigenvalue weighted by Gasteiger charge is -2.08. The highest BCUT2D eigenvalue weighted by Crippen LogP contribution is 2.26. The zero-order valence-corrected chi connectivity index (χ0v) is 12.3. The second kappa shape index (κ2) is 5.18. The molecule has 20 heavy (non-hydrogen) atoms. The average Bonchev–Trinajstić information content (AvgIpc) is 3.07. The van der Waals surface area contributed by atoms with Crippen LogP contribution in [-0.2, 0) is 7.05 Å². The van der Waals surface area contributed by atoms with Gasteiger partial charge in [0.2, 0.25) is 0 Å². The highest BCUT2D eigenvalue weighted by Gasteiger charge is 2.21. The number of halogens is 1. The van der Waals surface area contributed by atoms with Gasteiger partial charge >= 0.3 is 0 Å². The summed E-state index contributed by atoms with van der Waals surface area (Å²) in [5.74, 6) is 0. The van der Waals surface area contributed by atoms with Crippen molar-refractivity contribution < 1.29 is 5.11 Å². The first-order valence-electron chi connectivity index (χ1n) is 6.00. The van der Waals surface area contributed by atoms with Gasteiger partial charge in [0, 0.05) is 18.8 Å². The fourth-order valence-electron chi connectivity index (χ4n) is 1.99. The Hall–Kier alpha value is -1.99. The molecule has 1 atom stereocenters. The van der Waals surface area contributed by atoms with Gasteiger partial charge in [-0.1, -0.05) is 23.4 Å². The third-order valence-corrected chi connectivity index (χ3v) is 3.59. The minimum absolute atomic E-state index is 0.528. The van der Waals surface area contributed by atoms with Crippen molar-refractivity contribution in [2.75, 3.05) is 0 Å². The molecule has 0 bridgehead atoms. The second-order valence-corrected chi connectivity index (χ2v) is 5.10. The predicted molar refractivity (Wildman–Crippen MR) is 76.3 cm³/mol.